The Bertz CT molecular complexity index is 1060. The summed E-state index contributed by atoms with van der Waals surface area (Å²) in [6, 6.07) is 14.2. The molecule has 4 rings (SSSR count). The Morgan fingerprint density at radius 1 is 0.879 bits per heavy atom. The number of rotatable bonds is 4. The summed E-state index contributed by atoms with van der Waals surface area (Å²) in [6.07, 6.45) is -0.138. The van der Waals surface area contributed by atoms with Gasteiger partial charge in [0.05, 0.1) is 12.2 Å². The quantitative estimate of drug-likeness (QED) is 0.394. The zero-order valence-electron chi connectivity index (χ0n) is 18.9. The molecule has 0 spiro atoms. The van der Waals surface area contributed by atoms with Crippen molar-refractivity contribution in [2.24, 2.45) is 4.99 Å². The van der Waals surface area contributed by atoms with Crippen LogP contribution in [0.2, 0.25) is 0 Å². The van der Waals surface area contributed by atoms with E-state index in [1.54, 1.807) is 40.1 Å². The minimum Gasteiger partial charge on any atom is -0.365 e. The second-order valence-electron chi connectivity index (χ2n) is 8.59. The van der Waals surface area contributed by atoms with Gasteiger partial charge in [-0.25, -0.2) is 13.8 Å². The fraction of sp³-hybridized carbons (Fsp3) is 0.400. The van der Waals surface area contributed by atoms with Crippen molar-refractivity contribution in [2.45, 2.75) is 26.2 Å². The molecule has 2 aliphatic rings. The molecule has 0 bridgehead atoms. The molecule has 33 heavy (non-hydrogen) atoms. The second kappa shape index (κ2) is 9.29. The number of amidine groups is 1. The predicted molar refractivity (Wildman–Crippen MR) is 125 cm³/mol. The number of anilines is 1. The van der Waals surface area contributed by atoms with Crippen molar-refractivity contribution in [3.8, 4) is 0 Å². The molecular formula is C25H28F2N4O2. The summed E-state index contributed by atoms with van der Waals surface area (Å²) in [5.74, 6) is -1.93. The first-order valence-corrected chi connectivity index (χ1v) is 11.2. The smallest absolute Gasteiger partial charge is 0.266 e. The number of hydrogen-bond donors (Lipinski definition) is 0. The highest BCUT2D eigenvalue weighted by atomic mass is 19.3. The third-order valence-electron chi connectivity index (χ3n) is 6.24. The van der Waals surface area contributed by atoms with Crippen LogP contribution in [0.25, 0.3) is 0 Å². The number of aliphatic imine (C=N–C) groups is 1. The van der Waals surface area contributed by atoms with Gasteiger partial charge in [0, 0.05) is 56.0 Å². The van der Waals surface area contributed by atoms with Gasteiger partial charge in [-0.15, -0.1) is 0 Å². The third kappa shape index (κ3) is 5.21. The molecular weight excluding hydrogens is 426 g/mol. The summed E-state index contributed by atoms with van der Waals surface area (Å²) in [6.45, 7) is 5.88. The Hall–Kier alpha value is -3.29. The fourth-order valence-electron chi connectivity index (χ4n) is 4.30. The second-order valence-corrected chi connectivity index (χ2v) is 8.59. The zero-order chi connectivity index (χ0) is 23.6. The van der Waals surface area contributed by atoms with Gasteiger partial charge in [-0.1, -0.05) is 12.1 Å². The normalized spacial score (nSPS) is 18.5. The lowest BCUT2D eigenvalue weighted by atomic mass is 10.1. The fourth-order valence-corrected chi connectivity index (χ4v) is 4.30. The number of para-hydroxylation sites is 1. The molecule has 0 radical (unpaired) electrons. The van der Waals surface area contributed by atoms with E-state index in [-0.39, 0.29) is 24.7 Å². The van der Waals surface area contributed by atoms with E-state index in [4.69, 9.17) is 0 Å². The number of carbonyl (C=O) groups excluding carboxylic acids is 2. The molecule has 0 N–H and O–H groups in total. The lowest BCUT2D eigenvalue weighted by Crippen LogP contribution is -2.50. The molecule has 2 fully saturated rings. The zero-order valence-corrected chi connectivity index (χ0v) is 18.9. The number of carbonyl (C=O) groups is 2. The van der Waals surface area contributed by atoms with Gasteiger partial charge in [-0.05, 0) is 50.2 Å². The standard InChI is InChI=1S/C25H28F2N4O2/c1-18(32)22-5-3-4-6-23(22)28-19(2)29-13-15-30(16-14-29)24(33)20-7-9-21(10-8-20)31-12-11-25(26,27)17-31/h3-10H,11-17H2,1-2H3/b28-19+. The molecule has 174 valence electrons. The van der Waals surface area contributed by atoms with E-state index in [9.17, 15) is 18.4 Å². The Labute approximate surface area is 192 Å². The molecule has 0 unspecified atom stereocenters. The van der Waals surface area contributed by atoms with Gasteiger partial charge in [0.15, 0.2) is 5.78 Å². The van der Waals surface area contributed by atoms with Gasteiger partial charge >= 0.3 is 0 Å². The monoisotopic (exact) mass is 454 g/mol. The van der Waals surface area contributed by atoms with E-state index in [1.165, 1.54) is 6.92 Å². The van der Waals surface area contributed by atoms with Gasteiger partial charge in [-0.2, -0.15) is 0 Å². The van der Waals surface area contributed by atoms with Crippen LogP contribution in [-0.2, 0) is 0 Å². The number of halogens is 2. The van der Waals surface area contributed by atoms with Crippen LogP contribution in [0.5, 0.6) is 0 Å². The molecule has 0 atom stereocenters. The van der Waals surface area contributed by atoms with Gasteiger partial charge in [0.2, 0.25) is 0 Å². The number of hydrogen-bond acceptors (Lipinski definition) is 4. The average molecular weight is 455 g/mol. The molecule has 0 aliphatic carbocycles. The number of benzene rings is 2. The predicted octanol–water partition coefficient (Wildman–Crippen LogP) is 4.24. The van der Waals surface area contributed by atoms with Crippen LogP contribution in [0.3, 0.4) is 0 Å². The summed E-state index contributed by atoms with van der Waals surface area (Å²) < 4.78 is 26.9. The van der Waals surface area contributed by atoms with Crippen LogP contribution in [0.4, 0.5) is 20.2 Å². The molecule has 0 saturated carbocycles. The topological polar surface area (TPSA) is 56.2 Å². The average Bonchev–Trinajstić information content (AvgIpc) is 3.18. The highest BCUT2D eigenvalue weighted by Crippen LogP contribution is 2.31. The van der Waals surface area contributed by atoms with E-state index >= 15 is 0 Å². The first-order valence-electron chi connectivity index (χ1n) is 11.2. The lowest BCUT2D eigenvalue weighted by Gasteiger charge is -2.36. The van der Waals surface area contributed by atoms with E-state index in [2.05, 4.69) is 9.89 Å². The largest absolute Gasteiger partial charge is 0.365 e. The summed E-state index contributed by atoms with van der Waals surface area (Å²) in [4.78, 5) is 35.0. The molecule has 2 aromatic carbocycles. The summed E-state index contributed by atoms with van der Waals surface area (Å²) in [7, 11) is 0. The molecule has 0 aromatic heterocycles. The van der Waals surface area contributed by atoms with Crippen molar-refractivity contribution in [3.05, 3.63) is 59.7 Å². The number of piperazine rings is 1. The molecule has 2 saturated heterocycles. The SMILES string of the molecule is CC(=O)c1ccccc1/N=C(\C)N1CCN(C(=O)c2ccc(N3CCC(F)(F)C3)cc2)CC1. The van der Waals surface area contributed by atoms with Crippen LogP contribution in [0.1, 0.15) is 41.0 Å². The third-order valence-corrected chi connectivity index (χ3v) is 6.24. The summed E-state index contributed by atoms with van der Waals surface area (Å²) in [5, 5.41) is 0. The molecule has 8 heteroatoms. The van der Waals surface area contributed by atoms with E-state index in [0.717, 1.165) is 5.84 Å². The van der Waals surface area contributed by atoms with E-state index < -0.39 is 5.92 Å². The van der Waals surface area contributed by atoms with Gasteiger partial charge < -0.3 is 14.7 Å². The first-order chi connectivity index (χ1) is 15.7. The van der Waals surface area contributed by atoms with Crippen molar-refractivity contribution < 1.29 is 18.4 Å². The molecule has 6 nitrogen and oxygen atoms in total. The van der Waals surface area contributed by atoms with E-state index in [0.29, 0.717) is 55.2 Å². The minimum absolute atomic E-state index is 0.0259. The number of amides is 1. The minimum atomic E-state index is -2.65. The number of alkyl halides is 2. The summed E-state index contributed by atoms with van der Waals surface area (Å²) >= 11 is 0. The van der Waals surface area contributed by atoms with Crippen LogP contribution >= 0.6 is 0 Å². The highest BCUT2D eigenvalue weighted by Gasteiger charge is 2.38. The summed E-state index contributed by atoms with van der Waals surface area (Å²) in [5.41, 5.74) is 2.51. The van der Waals surface area contributed by atoms with Crippen LogP contribution in [0, 0.1) is 0 Å². The van der Waals surface area contributed by atoms with Crippen molar-refractivity contribution in [1.29, 1.82) is 0 Å². The maximum atomic E-state index is 13.5. The first kappa shape index (κ1) is 22.9. The van der Waals surface area contributed by atoms with Gasteiger partial charge in [0.1, 0.15) is 5.84 Å². The molecule has 2 heterocycles. The van der Waals surface area contributed by atoms with Crippen LogP contribution in [-0.4, -0.2) is 72.5 Å². The van der Waals surface area contributed by atoms with Crippen molar-refractivity contribution in [2.75, 3.05) is 44.2 Å². The van der Waals surface area contributed by atoms with Gasteiger partial charge in [-0.3, -0.25) is 9.59 Å². The van der Waals surface area contributed by atoms with Gasteiger partial charge in [0.25, 0.3) is 11.8 Å². The van der Waals surface area contributed by atoms with E-state index in [1.807, 2.05) is 25.1 Å². The Morgan fingerprint density at radius 3 is 2.12 bits per heavy atom. The highest BCUT2D eigenvalue weighted by molar-refractivity contribution is 6.00. The van der Waals surface area contributed by atoms with Crippen molar-refractivity contribution in [3.63, 3.8) is 0 Å². The Kier molecular flexibility index (Phi) is 6.44. The number of ketones is 1. The Morgan fingerprint density at radius 2 is 1.52 bits per heavy atom. The van der Waals surface area contributed by atoms with Crippen LogP contribution in [0.15, 0.2) is 53.5 Å². The maximum absolute atomic E-state index is 13.5. The number of nitrogens with zero attached hydrogens (tertiary/aromatic N) is 4. The van der Waals surface area contributed by atoms with Crippen LogP contribution < -0.4 is 4.90 Å². The molecule has 2 aromatic rings. The molecule has 1 amide bonds. The molecule has 2 aliphatic heterocycles. The van der Waals surface area contributed by atoms with Crippen molar-refractivity contribution in [1.82, 2.24) is 9.80 Å². The maximum Gasteiger partial charge on any atom is 0.266 e. The lowest BCUT2D eigenvalue weighted by molar-refractivity contribution is 0.0257. The Balaban J connectivity index is 1.36. The van der Waals surface area contributed by atoms with Crippen molar-refractivity contribution >= 4 is 28.9 Å². The number of Topliss-reactive ketones (excluding diaryl/α,β-unsaturated/α-hetero) is 1.